The van der Waals surface area contributed by atoms with Gasteiger partial charge in [0.1, 0.15) is 5.00 Å². The maximum atomic E-state index is 12.1. The molecule has 0 aliphatic heterocycles. The van der Waals surface area contributed by atoms with Gasteiger partial charge < -0.3 is 15.0 Å². The van der Waals surface area contributed by atoms with Crippen molar-refractivity contribution < 1.29 is 9.53 Å². The number of nitrogens with zero attached hydrogens (tertiary/aromatic N) is 1. The third kappa shape index (κ3) is 4.09. The van der Waals surface area contributed by atoms with Gasteiger partial charge in [0.2, 0.25) is 0 Å². The molecule has 0 aliphatic rings. The summed E-state index contributed by atoms with van der Waals surface area (Å²) < 4.78 is 4.89. The molecular weight excluding hydrogens is 328 g/mol. The molecule has 1 aromatic heterocycles. The number of hydrogen-bond donors (Lipinski definition) is 1. The first-order chi connectivity index (χ1) is 11.1. The Hall–Kier alpha value is -1.92. The Kier molecular flexibility index (Phi) is 6.12. The Morgan fingerprint density at radius 2 is 1.91 bits per heavy atom. The number of hydrogen-bond acceptors (Lipinski definition) is 4. The fraction of sp³-hybridized carbons (Fsp3) is 0.294. The van der Waals surface area contributed by atoms with Crippen molar-refractivity contribution in [3.8, 4) is 10.4 Å². The molecule has 6 heteroatoms. The van der Waals surface area contributed by atoms with Crippen molar-refractivity contribution in [2.75, 3.05) is 25.5 Å². The molecule has 0 saturated heterocycles. The predicted octanol–water partition coefficient (Wildman–Crippen LogP) is 4.24. The average Bonchev–Trinajstić information content (AvgIpc) is 3.00. The van der Waals surface area contributed by atoms with Crippen LogP contribution in [-0.4, -0.2) is 36.2 Å². The topological polar surface area (TPSA) is 41.6 Å². The highest BCUT2D eigenvalue weighted by Gasteiger charge is 2.19. The third-order valence-electron chi connectivity index (χ3n) is 3.47. The third-order valence-corrected chi connectivity index (χ3v) is 4.93. The number of carbonyl (C=O) groups is 1. The number of thiocarbonyl (C=S) groups is 1. The first-order valence-corrected chi connectivity index (χ1v) is 8.66. The number of thiophene rings is 1. The van der Waals surface area contributed by atoms with Crippen molar-refractivity contribution in [3.63, 3.8) is 0 Å². The maximum Gasteiger partial charge on any atom is 0.340 e. The van der Waals surface area contributed by atoms with E-state index in [9.17, 15) is 4.79 Å². The Morgan fingerprint density at radius 1 is 1.26 bits per heavy atom. The Labute approximate surface area is 146 Å². The number of benzene rings is 1. The lowest BCUT2D eigenvalue weighted by atomic mass is 10.1. The van der Waals surface area contributed by atoms with Crippen LogP contribution in [-0.2, 0) is 4.74 Å². The SMILES string of the molecule is CCN(CC)C(=S)Nc1sc(-c2ccccc2)cc1C(=O)OC. The summed E-state index contributed by atoms with van der Waals surface area (Å²) in [4.78, 5) is 15.1. The van der Waals surface area contributed by atoms with Crippen LogP contribution in [0.1, 0.15) is 24.2 Å². The first kappa shape index (κ1) is 17.4. The van der Waals surface area contributed by atoms with Gasteiger partial charge >= 0.3 is 5.97 Å². The number of nitrogens with one attached hydrogen (secondary N) is 1. The number of anilines is 1. The molecule has 0 amide bonds. The zero-order valence-electron chi connectivity index (χ0n) is 13.5. The normalized spacial score (nSPS) is 10.2. The zero-order chi connectivity index (χ0) is 16.8. The van der Waals surface area contributed by atoms with Crippen LogP contribution in [0, 0.1) is 0 Å². The van der Waals surface area contributed by atoms with Gasteiger partial charge in [0.05, 0.1) is 12.7 Å². The van der Waals surface area contributed by atoms with Gasteiger partial charge in [-0.1, -0.05) is 30.3 Å². The van der Waals surface area contributed by atoms with Crippen LogP contribution >= 0.6 is 23.6 Å². The van der Waals surface area contributed by atoms with E-state index in [1.165, 1.54) is 18.4 Å². The number of carbonyl (C=O) groups excluding carboxylic acids is 1. The van der Waals surface area contributed by atoms with E-state index >= 15 is 0 Å². The number of rotatable bonds is 5. The highest BCUT2D eigenvalue weighted by molar-refractivity contribution is 7.80. The lowest BCUT2D eigenvalue weighted by Gasteiger charge is -2.22. The van der Waals surface area contributed by atoms with Crippen molar-refractivity contribution >= 4 is 39.6 Å². The quantitative estimate of drug-likeness (QED) is 0.646. The molecule has 1 heterocycles. The smallest absolute Gasteiger partial charge is 0.340 e. The summed E-state index contributed by atoms with van der Waals surface area (Å²) in [6.45, 7) is 5.71. The molecule has 0 unspecified atom stereocenters. The average molecular weight is 348 g/mol. The van der Waals surface area contributed by atoms with Gasteiger partial charge in [0.15, 0.2) is 5.11 Å². The van der Waals surface area contributed by atoms with E-state index in [4.69, 9.17) is 17.0 Å². The Balaban J connectivity index is 2.35. The molecule has 23 heavy (non-hydrogen) atoms. The van der Waals surface area contributed by atoms with Crippen molar-refractivity contribution in [1.29, 1.82) is 0 Å². The van der Waals surface area contributed by atoms with Crippen LogP contribution in [0.3, 0.4) is 0 Å². The van der Waals surface area contributed by atoms with E-state index in [0.29, 0.717) is 15.7 Å². The molecular formula is C17H20N2O2S2. The molecule has 0 spiro atoms. The summed E-state index contributed by atoms with van der Waals surface area (Å²) in [7, 11) is 1.38. The van der Waals surface area contributed by atoms with Gasteiger partial charge in [0.25, 0.3) is 0 Å². The van der Waals surface area contributed by atoms with Gasteiger partial charge in [-0.2, -0.15) is 0 Å². The maximum absolute atomic E-state index is 12.1. The second-order valence-corrected chi connectivity index (χ2v) is 6.25. The molecule has 2 rings (SSSR count). The standard InChI is InChI=1S/C17H20N2O2S2/c1-4-19(5-2)17(22)18-15-13(16(20)21-3)11-14(23-15)12-9-7-6-8-10-12/h6-11H,4-5H2,1-3H3,(H,18,22). The summed E-state index contributed by atoms with van der Waals surface area (Å²) in [6.07, 6.45) is 0. The molecule has 0 fully saturated rings. The van der Waals surface area contributed by atoms with E-state index in [0.717, 1.165) is 23.5 Å². The van der Waals surface area contributed by atoms with Crippen LogP contribution in [0.15, 0.2) is 36.4 Å². The molecule has 122 valence electrons. The molecule has 2 aromatic rings. The summed E-state index contributed by atoms with van der Waals surface area (Å²) >= 11 is 6.93. The fourth-order valence-electron chi connectivity index (χ4n) is 2.18. The monoisotopic (exact) mass is 348 g/mol. The molecule has 0 bridgehead atoms. The van der Waals surface area contributed by atoms with Crippen molar-refractivity contribution in [1.82, 2.24) is 4.90 Å². The zero-order valence-corrected chi connectivity index (χ0v) is 15.1. The number of esters is 1. The fourth-order valence-corrected chi connectivity index (χ4v) is 3.65. The second kappa shape index (κ2) is 8.08. The summed E-state index contributed by atoms with van der Waals surface area (Å²) in [5.74, 6) is -0.367. The number of ether oxygens (including phenoxy) is 1. The molecule has 0 aliphatic carbocycles. The second-order valence-electron chi connectivity index (χ2n) is 4.81. The van der Waals surface area contributed by atoms with Gasteiger partial charge in [-0.15, -0.1) is 11.3 Å². The van der Waals surface area contributed by atoms with Gasteiger partial charge in [-0.3, -0.25) is 0 Å². The lowest BCUT2D eigenvalue weighted by molar-refractivity contribution is 0.0602. The van der Waals surface area contributed by atoms with E-state index in [1.807, 2.05) is 55.1 Å². The molecule has 1 N–H and O–H groups in total. The minimum Gasteiger partial charge on any atom is -0.465 e. The molecule has 0 radical (unpaired) electrons. The van der Waals surface area contributed by atoms with Crippen molar-refractivity contribution in [2.24, 2.45) is 0 Å². The van der Waals surface area contributed by atoms with Crippen LogP contribution < -0.4 is 5.32 Å². The predicted molar refractivity (Wildman–Crippen MR) is 100 cm³/mol. The largest absolute Gasteiger partial charge is 0.465 e. The van der Waals surface area contributed by atoms with Crippen LogP contribution in [0.2, 0.25) is 0 Å². The van der Waals surface area contributed by atoms with Gasteiger partial charge in [0, 0.05) is 18.0 Å². The van der Waals surface area contributed by atoms with E-state index in [-0.39, 0.29) is 5.97 Å². The van der Waals surface area contributed by atoms with E-state index < -0.39 is 0 Å². The molecule has 4 nitrogen and oxygen atoms in total. The molecule has 0 atom stereocenters. The van der Waals surface area contributed by atoms with E-state index in [2.05, 4.69) is 5.32 Å². The highest BCUT2D eigenvalue weighted by atomic mass is 32.1. The van der Waals surface area contributed by atoms with Gasteiger partial charge in [-0.25, -0.2) is 4.79 Å². The minimum atomic E-state index is -0.367. The van der Waals surface area contributed by atoms with Gasteiger partial charge in [-0.05, 0) is 37.7 Å². The minimum absolute atomic E-state index is 0.367. The first-order valence-electron chi connectivity index (χ1n) is 7.44. The summed E-state index contributed by atoms with van der Waals surface area (Å²) in [6, 6.07) is 11.8. The summed E-state index contributed by atoms with van der Waals surface area (Å²) in [5.41, 5.74) is 1.57. The van der Waals surface area contributed by atoms with Crippen LogP contribution in [0.25, 0.3) is 10.4 Å². The Bertz CT molecular complexity index is 679. The number of methoxy groups -OCH3 is 1. The van der Waals surface area contributed by atoms with Crippen molar-refractivity contribution in [2.45, 2.75) is 13.8 Å². The van der Waals surface area contributed by atoms with Crippen molar-refractivity contribution in [3.05, 3.63) is 42.0 Å². The molecule has 0 saturated carbocycles. The highest BCUT2D eigenvalue weighted by Crippen LogP contribution is 2.36. The van der Waals surface area contributed by atoms with E-state index in [1.54, 1.807) is 0 Å². The Morgan fingerprint density at radius 3 is 2.48 bits per heavy atom. The van der Waals surface area contributed by atoms with Crippen LogP contribution in [0.4, 0.5) is 5.00 Å². The molecule has 1 aromatic carbocycles. The summed E-state index contributed by atoms with van der Waals surface area (Å²) in [5, 5.41) is 4.52. The van der Waals surface area contributed by atoms with Crippen LogP contribution in [0.5, 0.6) is 0 Å². The lowest BCUT2D eigenvalue weighted by Crippen LogP contribution is -2.34.